The lowest BCUT2D eigenvalue weighted by molar-refractivity contribution is -0.259. The number of aromatic hydroxyl groups is 1. The lowest BCUT2D eigenvalue weighted by Gasteiger charge is -2.35. The van der Waals surface area contributed by atoms with E-state index in [-0.39, 0.29) is 0 Å². The van der Waals surface area contributed by atoms with Crippen LogP contribution in [0.3, 0.4) is 0 Å². The van der Waals surface area contributed by atoms with E-state index >= 15 is 0 Å². The Morgan fingerprint density at radius 1 is 1.05 bits per heavy atom. The third kappa shape index (κ3) is 3.03. The monoisotopic (exact) mass is 298 g/mol. The van der Waals surface area contributed by atoms with Crippen LogP contribution in [0.2, 0.25) is 0 Å². The molecule has 0 aliphatic rings. The van der Waals surface area contributed by atoms with Crippen molar-refractivity contribution in [2.75, 3.05) is 0 Å². The molecule has 0 bridgehead atoms. The fourth-order valence-corrected chi connectivity index (χ4v) is 2.23. The molecule has 1 aromatic rings. The van der Waals surface area contributed by atoms with Crippen LogP contribution >= 0.6 is 0 Å². The maximum Gasteiger partial charge on any atom is 0.416 e. The number of alkyl halides is 3. The molecule has 0 aromatic heterocycles. The van der Waals surface area contributed by atoms with Gasteiger partial charge < -0.3 is 10.2 Å². The first-order valence-corrected chi connectivity index (χ1v) is 5.76. The normalized spacial score (nSPS) is 16.1. The minimum Gasteiger partial charge on any atom is -0.508 e. The van der Waals surface area contributed by atoms with E-state index in [0.29, 0.717) is 13.0 Å². The predicted molar refractivity (Wildman–Crippen MR) is 62.3 cm³/mol. The Bertz CT molecular complexity index is 506. The summed E-state index contributed by atoms with van der Waals surface area (Å²) >= 11 is 0. The number of hydrogen-bond donors (Lipinski definition) is 2. The molecule has 1 rings (SSSR count). The Hall–Kier alpha value is -1.37. The summed E-state index contributed by atoms with van der Waals surface area (Å²) in [6.45, 7) is 2.92. The average molecular weight is 298 g/mol. The van der Waals surface area contributed by atoms with Gasteiger partial charge in [0.05, 0.1) is 0 Å². The third-order valence-corrected chi connectivity index (χ3v) is 3.15. The maximum absolute atomic E-state index is 13.7. The predicted octanol–water partition coefficient (Wildman–Crippen LogP) is 3.65. The van der Waals surface area contributed by atoms with E-state index in [1.807, 2.05) is 0 Å². The topological polar surface area (TPSA) is 40.5 Å². The molecule has 0 heterocycles. The Morgan fingerprint density at radius 2 is 1.55 bits per heavy atom. The van der Waals surface area contributed by atoms with Crippen molar-refractivity contribution in [3.8, 4) is 5.75 Å². The molecule has 0 amide bonds. The van der Waals surface area contributed by atoms with E-state index in [1.165, 1.54) is 13.8 Å². The number of halogens is 5. The standard InChI is InChI=1S/C13H15F5O2/c1-11(2,6-12(3,20)13(16,17)18)9-8(19)5-4-7(14)10(9)15/h4-5,19-20H,6H2,1-3H3. The first-order chi connectivity index (χ1) is 8.79. The zero-order valence-corrected chi connectivity index (χ0v) is 11.1. The summed E-state index contributed by atoms with van der Waals surface area (Å²) in [5.41, 5.74) is -5.32. The highest BCUT2D eigenvalue weighted by molar-refractivity contribution is 5.40. The van der Waals surface area contributed by atoms with Crippen molar-refractivity contribution in [3.05, 3.63) is 29.3 Å². The maximum atomic E-state index is 13.7. The largest absolute Gasteiger partial charge is 0.508 e. The van der Waals surface area contributed by atoms with Gasteiger partial charge in [-0.1, -0.05) is 13.8 Å². The summed E-state index contributed by atoms with van der Waals surface area (Å²) in [5, 5.41) is 19.1. The molecule has 20 heavy (non-hydrogen) atoms. The molecule has 2 N–H and O–H groups in total. The summed E-state index contributed by atoms with van der Waals surface area (Å²) in [6, 6.07) is 1.53. The molecule has 0 fully saturated rings. The van der Waals surface area contributed by atoms with Gasteiger partial charge in [0, 0.05) is 5.56 Å². The minimum absolute atomic E-state index is 0.545. The van der Waals surface area contributed by atoms with Gasteiger partial charge in [-0.05, 0) is 30.9 Å². The molecule has 0 radical (unpaired) electrons. The van der Waals surface area contributed by atoms with Gasteiger partial charge in [0.1, 0.15) is 5.75 Å². The SMILES string of the molecule is CC(C)(CC(C)(O)C(F)(F)F)c1c(O)ccc(F)c1F. The molecule has 114 valence electrons. The summed E-state index contributed by atoms with van der Waals surface area (Å²) < 4.78 is 65.0. The van der Waals surface area contributed by atoms with E-state index in [9.17, 15) is 32.2 Å². The van der Waals surface area contributed by atoms with E-state index in [2.05, 4.69) is 0 Å². The van der Waals surface area contributed by atoms with Crippen LogP contribution in [0.15, 0.2) is 12.1 Å². The van der Waals surface area contributed by atoms with Crippen LogP contribution in [0.1, 0.15) is 32.8 Å². The van der Waals surface area contributed by atoms with Gasteiger partial charge in [0.25, 0.3) is 0 Å². The fourth-order valence-electron chi connectivity index (χ4n) is 2.23. The van der Waals surface area contributed by atoms with Gasteiger partial charge in [-0.2, -0.15) is 13.2 Å². The number of aliphatic hydroxyl groups is 1. The van der Waals surface area contributed by atoms with Crippen LogP contribution in [0.25, 0.3) is 0 Å². The molecule has 7 heteroatoms. The molecule has 1 unspecified atom stereocenters. The van der Waals surface area contributed by atoms with Crippen molar-refractivity contribution in [1.29, 1.82) is 0 Å². The Morgan fingerprint density at radius 3 is 2.00 bits per heavy atom. The summed E-state index contributed by atoms with van der Waals surface area (Å²) in [5.74, 6) is -3.36. The van der Waals surface area contributed by atoms with Gasteiger partial charge in [0.15, 0.2) is 17.2 Å². The van der Waals surface area contributed by atoms with Crippen LogP contribution in [-0.2, 0) is 5.41 Å². The van der Waals surface area contributed by atoms with Crippen molar-refractivity contribution in [2.24, 2.45) is 0 Å². The number of rotatable bonds is 3. The van der Waals surface area contributed by atoms with Crippen LogP contribution in [0.5, 0.6) is 5.75 Å². The first kappa shape index (κ1) is 16.7. The second-order valence-corrected chi connectivity index (χ2v) is 5.59. The summed E-state index contributed by atoms with van der Waals surface area (Å²) in [7, 11) is 0. The highest BCUT2D eigenvalue weighted by atomic mass is 19.4. The van der Waals surface area contributed by atoms with Gasteiger partial charge in [0.2, 0.25) is 0 Å². The summed E-state index contributed by atoms with van der Waals surface area (Å²) in [4.78, 5) is 0. The summed E-state index contributed by atoms with van der Waals surface area (Å²) in [6.07, 6.45) is -5.86. The Balaban J connectivity index is 3.29. The van der Waals surface area contributed by atoms with Gasteiger partial charge >= 0.3 is 6.18 Å². The fraction of sp³-hybridized carbons (Fsp3) is 0.538. The van der Waals surface area contributed by atoms with Crippen LogP contribution in [0.4, 0.5) is 22.0 Å². The Kier molecular flexibility index (Phi) is 4.07. The first-order valence-electron chi connectivity index (χ1n) is 5.76. The van der Waals surface area contributed by atoms with Gasteiger partial charge in [-0.15, -0.1) is 0 Å². The molecule has 0 saturated carbocycles. The molecule has 0 saturated heterocycles. The number of benzene rings is 1. The van der Waals surface area contributed by atoms with E-state index in [4.69, 9.17) is 0 Å². The van der Waals surface area contributed by atoms with E-state index in [0.717, 1.165) is 6.07 Å². The average Bonchev–Trinajstić information content (AvgIpc) is 2.20. The molecule has 1 aromatic carbocycles. The molecular formula is C13H15F5O2. The lowest BCUT2D eigenvalue weighted by Crippen LogP contribution is -2.46. The van der Waals surface area contributed by atoms with E-state index < -0.39 is 46.6 Å². The van der Waals surface area contributed by atoms with Crippen LogP contribution < -0.4 is 0 Å². The van der Waals surface area contributed by atoms with Gasteiger partial charge in [-0.3, -0.25) is 0 Å². The lowest BCUT2D eigenvalue weighted by atomic mass is 9.75. The van der Waals surface area contributed by atoms with Crippen molar-refractivity contribution in [3.63, 3.8) is 0 Å². The Labute approximate surface area is 112 Å². The van der Waals surface area contributed by atoms with Crippen molar-refractivity contribution < 1.29 is 32.2 Å². The molecule has 2 nitrogen and oxygen atoms in total. The van der Waals surface area contributed by atoms with Crippen molar-refractivity contribution >= 4 is 0 Å². The van der Waals surface area contributed by atoms with Crippen LogP contribution in [0, 0.1) is 11.6 Å². The highest BCUT2D eigenvalue weighted by Crippen LogP contribution is 2.44. The zero-order chi connectivity index (χ0) is 15.9. The highest BCUT2D eigenvalue weighted by Gasteiger charge is 2.53. The molecule has 1 atom stereocenters. The van der Waals surface area contributed by atoms with Gasteiger partial charge in [-0.25, -0.2) is 8.78 Å². The number of phenols is 1. The smallest absolute Gasteiger partial charge is 0.416 e. The second-order valence-electron chi connectivity index (χ2n) is 5.59. The molecule has 0 aliphatic carbocycles. The minimum atomic E-state index is -4.93. The van der Waals surface area contributed by atoms with Crippen molar-refractivity contribution in [1.82, 2.24) is 0 Å². The number of phenolic OH excluding ortho intramolecular Hbond substituents is 1. The third-order valence-electron chi connectivity index (χ3n) is 3.15. The molecular weight excluding hydrogens is 283 g/mol. The zero-order valence-electron chi connectivity index (χ0n) is 11.1. The van der Waals surface area contributed by atoms with E-state index in [1.54, 1.807) is 0 Å². The second kappa shape index (κ2) is 4.87. The molecule has 0 aliphatic heterocycles. The van der Waals surface area contributed by atoms with Crippen molar-refractivity contribution in [2.45, 2.75) is 44.4 Å². The van der Waals surface area contributed by atoms with Crippen LogP contribution in [-0.4, -0.2) is 22.0 Å². The molecule has 0 spiro atoms. The quantitative estimate of drug-likeness (QED) is 0.836. The number of hydrogen-bond acceptors (Lipinski definition) is 2.